The molecule has 5 heteroatoms. The van der Waals surface area contributed by atoms with Gasteiger partial charge in [-0.15, -0.1) is 0 Å². The van der Waals surface area contributed by atoms with Crippen LogP contribution < -0.4 is 0 Å². The van der Waals surface area contributed by atoms with E-state index in [0.717, 1.165) is 0 Å². The van der Waals surface area contributed by atoms with E-state index in [0.29, 0.717) is 6.61 Å². The highest BCUT2D eigenvalue weighted by Gasteiger charge is 2.00. The Morgan fingerprint density at radius 2 is 2.11 bits per heavy atom. The second-order valence-corrected chi connectivity index (χ2v) is 1.09. The third kappa shape index (κ3) is 7.74. The van der Waals surface area contributed by atoms with Gasteiger partial charge in [-0.05, 0) is 6.92 Å². The summed E-state index contributed by atoms with van der Waals surface area (Å²) in [5.74, 6) is 0. The molecule has 0 aliphatic rings. The van der Waals surface area contributed by atoms with Gasteiger partial charge in [-0.3, -0.25) is 0 Å². The van der Waals surface area contributed by atoms with Crippen LogP contribution in [0, 0.1) is 0 Å². The van der Waals surface area contributed by atoms with E-state index < -0.39 is 6.61 Å². The molecule has 0 saturated carbocycles. The van der Waals surface area contributed by atoms with Gasteiger partial charge < -0.3 is 4.74 Å². The van der Waals surface area contributed by atoms with Crippen LogP contribution in [-0.2, 0) is 14.5 Å². The first-order chi connectivity index (χ1) is 4.27. The van der Waals surface area contributed by atoms with Crippen molar-refractivity contribution >= 4 is 0 Å². The highest BCUT2D eigenvalue weighted by Crippen LogP contribution is 1.94. The van der Waals surface area contributed by atoms with Crippen molar-refractivity contribution in [3.63, 3.8) is 0 Å². The van der Waals surface area contributed by atoms with Gasteiger partial charge in [0.15, 0.2) is 6.79 Å². The van der Waals surface area contributed by atoms with E-state index in [2.05, 4.69) is 14.5 Å². The van der Waals surface area contributed by atoms with Crippen molar-refractivity contribution in [3.05, 3.63) is 0 Å². The number of hydrogen-bond donors (Lipinski definition) is 0. The minimum absolute atomic E-state index is 0.263. The summed E-state index contributed by atoms with van der Waals surface area (Å²) < 4.78 is 26.6. The molecule has 0 fully saturated rings. The van der Waals surface area contributed by atoms with E-state index in [1.54, 1.807) is 6.92 Å². The maximum absolute atomic E-state index is 11.1. The fraction of sp³-hybridized carbons (Fsp3) is 1.00. The van der Waals surface area contributed by atoms with Gasteiger partial charge in [0.2, 0.25) is 0 Å². The molecule has 0 atom stereocenters. The smallest absolute Gasteiger partial charge is 0.353 e. The van der Waals surface area contributed by atoms with Crippen LogP contribution >= 0.6 is 0 Å². The second-order valence-electron chi connectivity index (χ2n) is 1.09. The van der Waals surface area contributed by atoms with Crippen molar-refractivity contribution in [2.75, 3.05) is 13.4 Å². The fourth-order valence-corrected chi connectivity index (χ4v) is 0.197. The lowest BCUT2D eigenvalue weighted by molar-refractivity contribution is -0.409. The Morgan fingerprint density at radius 3 is 2.56 bits per heavy atom. The number of hydrogen-bond acceptors (Lipinski definition) is 3. The van der Waals surface area contributed by atoms with Gasteiger partial charge in [0.25, 0.3) is 0 Å². The normalized spacial score (nSPS) is 10.7. The van der Waals surface area contributed by atoms with Crippen LogP contribution in [0.3, 0.4) is 0 Å². The zero-order valence-electron chi connectivity index (χ0n) is 4.97. The first-order valence-corrected chi connectivity index (χ1v) is 2.41. The molecular formula is C4H8F2O3. The molecule has 0 saturated heterocycles. The van der Waals surface area contributed by atoms with Crippen molar-refractivity contribution in [2.24, 2.45) is 0 Å². The van der Waals surface area contributed by atoms with Crippen LogP contribution in [0.1, 0.15) is 6.92 Å². The van der Waals surface area contributed by atoms with Gasteiger partial charge in [0.1, 0.15) is 0 Å². The Hall–Kier alpha value is -0.260. The Morgan fingerprint density at radius 1 is 1.44 bits per heavy atom. The average Bonchev–Trinajstić information content (AvgIpc) is 1.80. The van der Waals surface area contributed by atoms with Crippen LogP contribution in [0.15, 0.2) is 0 Å². The van der Waals surface area contributed by atoms with Crippen LogP contribution in [0.25, 0.3) is 0 Å². The molecular weight excluding hydrogens is 134 g/mol. The van der Waals surface area contributed by atoms with Crippen molar-refractivity contribution < 1.29 is 23.3 Å². The zero-order valence-corrected chi connectivity index (χ0v) is 4.97. The molecule has 56 valence electrons. The number of rotatable bonds is 5. The van der Waals surface area contributed by atoms with Crippen LogP contribution in [0.4, 0.5) is 8.78 Å². The minimum Gasteiger partial charge on any atom is -0.353 e. The Kier molecular flexibility index (Phi) is 5.70. The Balaban J connectivity index is 2.75. The molecule has 0 N–H and O–H groups in total. The predicted octanol–water partition coefficient (Wildman–Crippen LogP) is 1.15. The average molecular weight is 142 g/mol. The molecule has 0 spiro atoms. The Labute approximate surface area is 51.4 Å². The van der Waals surface area contributed by atoms with E-state index in [1.165, 1.54) is 0 Å². The topological polar surface area (TPSA) is 27.7 Å². The molecule has 0 amide bonds. The third-order valence-corrected chi connectivity index (χ3v) is 0.476. The lowest BCUT2D eigenvalue weighted by atomic mass is 10.9. The summed E-state index contributed by atoms with van der Waals surface area (Å²) in [5.41, 5.74) is 0. The lowest BCUT2D eigenvalue weighted by Crippen LogP contribution is -2.04. The van der Waals surface area contributed by atoms with Gasteiger partial charge in [0.05, 0.1) is 0 Å². The monoisotopic (exact) mass is 142 g/mol. The highest BCUT2D eigenvalue weighted by atomic mass is 19.3. The molecule has 0 rings (SSSR count). The van der Waals surface area contributed by atoms with Gasteiger partial charge in [-0.1, -0.05) is 0 Å². The van der Waals surface area contributed by atoms with E-state index in [-0.39, 0.29) is 6.79 Å². The largest absolute Gasteiger partial charge is 0.371 e. The summed E-state index contributed by atoms with van der Waals surface area (Å²) in [5, 5.41) is 0. The van der Waals surface area contributed by atoms with Crippen LogP contribution in [0.5, 0.6) is 0 Å². The maximum atomic E-state index is 11.1. The number of ether oxygens (including phenoxy) is 1. The lowest BCUT2D eigenvalue weighted by Gasteiger charge is -2.00. The molecule has 0 aliphatic heterocycles. The first kappa shape index (κ1) is 8.74. The molecule has 0 aromatic rings. The maximum Gasteiger partial charge on any atom is 0.371 e. The zero-order chi connectivity index (χ0) is 7.11. The number of alkyl halides is 2. The molecule has 9 heavy (non-hydrogen) atoms. The van der Waals surface area contributed by atoms with Crippen molar-refractivity contribution in [2.45, 2.75) is 13.5 Å². The van der Waals surface area contributed by atoms with E-state index in [9.17, 15) is 8.78 Å². The predicted molar refractivity (Wildman–Crippen MR) is 24.7 cm³/mol. The molecule has 0 aromatic carbocycles. The molecule has 0 unspecified atom stereocenters. The standard InChI is InChI=1S/C4H8F2O3/c1-2-7-3-8-9-4(5)6/h4H,2-3H2,1H3. The third-order valence-electron chi connectivity index (χ3n) is 0.476. The first-order valence-electron chi connectivity index (χ1n) is 2.41. The second kappa shape index (κ2) is 5.87. The number of halogens is 2. The Bertz CT molecular complexity index is 59.8. The highest BCUT2D eigenvalue weighted by molar-refractivity contribution is 4.02. The SMILES string of the molecule is CCOCOOC(F)F. The molecule has 0 aliphatic carbocycles. The quantitative estimate of drug-likeness (QED) is 0.249. The minimum atomic E-state index is -2.90. The van der Waals surface area contributed by atoms with E-state index in [1.807, 2.05) is 0 Å². The summed E-state index contributed by atoms with van der Waals surface area (Å²) in [6.07, 6.45) is 0. The van der Waals surface area contributed by atoms with Gasteiger partial charge in [0, 0.05) is 6.61 Å². The van der Waals surface area contributed by atoms with Crippen molar-refractivity contribution in [1.29, 1.82) is 0 Å². The van der Waals surface area contributed by atoms with Gasteiger partial charge in [-0.2, -0.15) is 13.7 Å². The van der Waals surface area contributed by atoms with Crippen molar-refractivity contribution in [1.82, 2.24) is 0 Å². The molecule has 3 nitrogen and oxygen atoms in total. The van der Waals surface area contributed by atoms with Gasteiger partial charge in [-0.25, -0.2) is 4.89 Å². The van der Waals surface area contributed by atoms with Crippen LogP contribution in [0.2, 0.25) is 0 Å². The summed E-state index contributed by atoms with van der Waals surface area (Å²) in [4.78, 5) is 7.25. The summed E-state index contributed by atoms with van der Waals surface area (Å²) in [6.45, 7) is -1.04. The fourth-order valence-electron chi connectivity index (χ4n) is 0.197. The van der Waals surface area contributed by atoms with E-state index >= 15 is 0 Å². The summed E-state index contributed by atoms with van der Waals surface area (Å²) >= 11 is 0. The molecule has 0 heterocycles. The molecule has 0 aromatic heterocycles. The molecule has 0 radical (unpaired) electrons. The molecule has 0 bridgehead atoms. The van der Waals surface area contributed by atoms with E-state index in [4.69, 9.17) is 0 Å². The van der Waals surface area contributed by atoms with Crippen LogP contribution in [-0.4, -0.2) is 20.0 Å². The summed E-state index contributed by atoms with van der Waals surface area (Å²) in [6, 6.07) is 0. The van der Waals surface area contributed by atoms with Crippen molar-refractivity contribution in [3.8, 4) is 0 Å². The van der Waals surface area contributed by atoms with Gasteiger partial charge >= 0.3 is 6.61 Å². The summed E-state index contributed by atoms with van der Waals surface area (Å²) in [7, 11) is 0.